The lowest BCUT2D eigenvalue weighted by atomic mass is 10.2. The molecule has 0 saturated heterocycles. The van der Waals surface area contributed by atoms with Crippen molar-refractivity contribution in [1.29, 1.82) is 0 Å². The summed E-state index contributed by atoms with van der Waals surface area (Å²) in [5, 5.41) is 11.9. The average Bonchev–Trinajstić information content (AvgIpc) is 2.32. The Morgan fingerprint density at radius 3 is 2.53 bits per heavy atom. The van der Waals surface area contributed by atoms with E-state index < -0.39 is 5.97 Å². The minimum atomic E-state index is -1.03. The molecule has 4 nitrogen and oxygen atoms in total. The summed E-state index contributed by atoms with van der Waals surface area (Å²) in [7, 11) is 0. The van der Waals surface area contributed by atoms with E-state index in [1.807, 2.05) is 31.2 Å². The van der Waals surface area contributed by atoms with Crippen molar-refractivity contribution in [1.82, 2.24) is 4.98 Å². The van der Waals surface area contributed by atoms with Gasteiger partial charge in [0.1, 0.15) is 5.69 Å². The summed E-state index contributed by atoms with van der Waals surface area (Å²) in [5.74, 6) is -1.03. The number of nitrogens with one attached hydrogen (secondary N) is 1. The van der Waals surface area contributed by atoms with E-state index in [4.69, 9.17) is 5.11 Å². The first kappa shape index (κ1) is 11.1. The maximum atomic E-state index is 10.8. The van der Waals surface area contributed by atoms with Gasteiger partial charge in [-0.3, -0.25) is 0 Å². The molecule has 2 rings (SSSR count). The molecule has 0 radical (unpaired) electrons. The van der Waals surface area contributed by atoms with Gasteiger partial charge in [0.05, 0.1) is 0 Å². The Hall–Kier alpha value is -2.36. The highest BCUT2D eigenvalue weighted by Crippen LogP contribution is 2.17. The van der Waals surface area contributed by atoms with Crippen LogP contribution in [0, 0.1) is 6.92 Å². The van der Waals surface area contributed by atoms with Crippen molar-refractivity contribution in [2.45, 2.75) is 6.92 Å². The molecule has 1 aromatic carbocycles. The number of aromatic nitrogens is 1. The van der Waals surface area contributed by atoms with Gasteiger partial charge in [-0.25, -0.2) is 9.78 Å². The molecule has 0 aliphatic carbocycles. The number of nitrogens with zero attached hydrogens (tertiary/aromatic N) is 1. The van der Waals surface area contributed by atoms with Gasteiger partial charge in [-0.1, -0.05) is 17.7 Å². The molecule has 4 heteroatoms. The van der Waals surface area contributed by atoms with E-state index >= 15 is 0 Å². The number of hydrogen-bond acceptors (Lipinski definition) is 3. The highest BCUT2D eigenvalue weighted by atomic mass is 16.4. The van der Waals surface area contributed by atoms with Crippen LogP contribution in [0.2, 0.25) is 0 Å². The Bertz CT molecular complexity index is 535. The van der Waals surface area contributed by atoms with Gasteiger partial charge in [-0.05, 0) is 31.2 Å². The van der Waals surface area contributed by atoms with Crippen molar-refractivity contribution in [2.24, 2.45) is 0 Å². The summed E-state index contributed by atoms with van der Waals surface area (Å²) in [4.78, 5) is 14.5. The molecule has 0 bridgehead atoms. The molecule has 1 heterocycles. The number of aromatic carboxylic acids is 1. The zero-order chi connectivity index (χ0) is 12.3. The highest BCUT2D eigenvalue weighted by Gasteiger charge is 2.04. The van der Waals surface area contributed by atoms with Crippen molar-refractivity contribution in [3.63, 3.8) is 0 Å². The smallest absolute Gasteiger partial charge is 0.354 e. The quantitative estimate of drug-likeness (QED) is 0.847. The fourth-order valence-electron chi connectivity index (χ4n) is 1.43. The molecule has 0 fully saturated rings. The van der Waals surface area contributed by atoms with Crippen LogP contribution in [0.1, 0.15) is 16.1 Å². The molecule has 0 aliphatic rings. The van der Waals surface area contributed by atoms with Crippen molar-refractivity contribution in [3.05, 3.63) is 53.9 Å². The van der Waals surface area contributed by atoms with Gasteiger partial charge in [-0.15, -0.1) is 0 Å². The van der Waals surface area contributed by atoms with E-state index in [0.29, 0.717) is 5.69 Å². The molecule has 0 saturated carbocycles. The van der Waals surface area contributed by atoms with Crippen LogP contribution in [0.5, 0.6) is 0 Å². The van der Waals surface area contributed by atoms with Crippen LogP contribution in [-0.2, 0) is 0 Å². The molecular weight excluding hydrogens is 216 g/mol. The number of rotatable bonds is 3. The van der Waals surface area contributed by atoms with Crippen LogP contribution in [0.25, 0.3) is 0 Å². The fourth-order valence-corrected chi connectivity index (χ4v) is 1.43. The van der Waals surface area contributed by atoms with Gasteiger partial charge < -0.3 is 10.4 Å². The first-order valence-corrected chi connectivity index (χ1v) is 5.18. The summed E-state index contributed by atoms with van der Waals surface area (Å²) in [5.41, 5.74) is 2.83. The third kappa shape index (κ3) is 2.81. The van der Waals surface area contributed by atoms with E-state index in [0.717, 1.165) is 5.69 Å². The van der Waals surface area contributed by atoms with E-state index in [1.165, 1.54) is 17.8 Å². The average molecular weight is 228 g/mol. The van der Waals surface area contributed by atoms with Crippen molar-refractivity contribution in [3.8, 4) is 0 Å². The summed E-state index contributed by atoms with van der Waals surface area (Å²) in [6, 6.07) is 11.1. The number of carboxylic acid groups (broad SMARTS) is 1. The number of carbonyl (C=O) groups is 1. The molecule has 2 N–H and O–H groups in total. The molecule has 0 spiro atoms. The molecule has 2 aromatic rings. The third-order valence-electron chi connectivity index (χ3n) is 2.32. The van der Waals surface area contributed by atoms with Crippen molar-refractivity contribution < 1.29 is 9.90 Å². The zero-order valence-electron chi connectivity index (χ0n) is 9.34. The second-order valence-corrected chi connectivity index (χ2v) is 3.73. The topological polar surface area (TPSA) is 62.2 Å². The summed E-state index contributed by atoms with van der Waals surface area (Å²) < 4.78 is 0. The molecule has 0 aliphatic heterocycles. The molecule has 86 valence electrons. The normalized spacial score (nSPS) is 9.94. The fraction of sp³-hybridized carbons (Fsp3) is 0.0769. The number of hydrogen-bond donors (Lipinski definition) is 2. The zero-order valence-corrected chi connectivity index (χ0v) is 9.34. The SMILES string of the molecule is Cc1ccc(Nc2ccnc(C(=O)O)c2)cc1. The van der Waals surface area contributed by atoms with Gasteiger partial charge in [0.2, 0.25) is 0 Å². The van der Waals surface area contributed by atoms with Crippen molar-refractivity contribution in [2.75, 3.05) is 5.32 Å². The van der Waals surface area contributed by atoms with E-state index in [-0.39, 0.29) is 5.69 Å². The third-order valence-corrected chi connectivity index (χ3v) is 2.32. The van der Waals surface area contributed by atoms with Gasteiger partial charge in [0, 0.05) is 17.6 Å². The van der Waals surface area contributed by atoms with Crippen LogP contribution >= 0.6 is 0 Å². The van der Waals surface area contributed by atoms with E-state index in [2.05, 4.69) is 10.3 Å². The number of anilines is 2. The number of benzene rings is 1. The Morgan fingerprint density at radius 1 is 1.18 bits per heavy atom. The maximum Gasteiger partial charge on any atom is 0.354 e. The second kappa shape index (κ2) is 4.65. The van der Waals surface area contributed by atoms with Crippen LogP contribution < -0.4 is 5.32 Å². The molecule has 1 aromatic heterocycles. The Morgan fingerprint density at radius 2 is 1.88 bits per heavy atom. The number of pyridine rings is 1. The monoisotopic (exact) mass is 228 g/mol. The lowest BCUT2D eigenvalue weighted by Gasteiger charge is -2.06. The van der Waals surface area contributed by atoms with Gasteiger partial charge in [0.15, 0.2) is 0 Å². The minimum Gasteiger partial charge on any atom is -0.477 e. The van der Waals surface area contributed by atoms with E-state index in [1.54, 1.807) is 6.07 Å². The van der Waals surface area contributed by atoms with Gasteiger partial charge in [-0.2, -0.15) is 0 Å². The molecule has 0 unspecified atom stereocenters. The van der Waals surface area contributed by atoms with Crippen molar-refractivity contribution >= 4 is 17.3 Å². The molecular formula is C13H12N2O2. The van der Waals surface area contributed by atoms with Crippen LogP contribution in [0.15, 0.2) is 42.6 Å². The first-order valence-electron chi connectivity index (χ1n) is 5.18. The first-order chi connectivity index (χ1) is 8.15. The van der Waals surface area contributed by atoms with Gasteiger partial charge >= 0.3 is 5.97 Å². The second-order valence-electron chi connectivity index (χ2n) is 3.73. The molecule has 0 amide bonds. The predicted octanol–water partition coefficient (Wildman–Crippen LogP) is 2.83. The Kier molecular flexibility index (Phi) is 3.05. The predicted molar refractivity (Wildman–Crippen MR) is 65.7 cm³/mol. The van der Waals surface area contributed by atoms with Crippen LogP contribution in [0.4, 0.5) is 11.4 Å². The molecule has 0 atom stereocenters. The summed E-state index contributed by atoms with van der Waals surface area (Å²) in [6.45, 7) is 2.01. The summed E-state index contributed by atoms with van der Waals surface area (Å²) >= 11 is 0. The lowest BCUT2D eigenvalue weighted by Crippen LogP contribution is -2.01. The Balaban J connectivity index is 2.21. The number of carboxylic acids is 1. The molecule has 17 heavy (non-hydrogen) atoms. The lowest BCUT2D eigenvalue weighted by molar-refractivity contribution is 0.0690. The standard InChI is InChI=1S/C13H12N2O2/c1-9-2-4-10(5-3-9)15-11-6-7-14-12(8-11)13(16)17/h2-8H,1H3,(H,14,15)(H,16,17). The maximum absolute atomic E-state index is 10.8. The van der Waals surface area contributed by atoms with Gasteiger partial charge in [0.25, 0.3) is 0 Å². The summed E-state index contributed by atoms with van der Waals surface area (Å²) in [6.07, 6.45) is 1.47. The van der Waals surface area contributed by atoms with Crippen LogP contribution in [-0.4, -0.2) is 16.1 Å². The Labute approximate surface area is 98.9 Å². The van der Waals surface area contributed by atoms with Crippen LogP contribution in [0.3, 0.4) is 0 Å². The van der Waals surface area contributed by atoms with E-state index in [9.17, 15) is 4.79 Å². The number of aryl methyl sites for hydroxylation is 1. The largest absolute Gasteiger partial charge is 0.477 e. The highest BCUT2D eigenvalue weighted by molar-refractivity contribution is 5.86. The minimum absolute atomic E-state index is 0.0297.